The first kappa shape index (κ1) is 16.4. The number of rotatable bonds is 5. The van der Waals surface area contributed by atoms with E-state index in [1.807, 2.05) is 0 Å². The Bertz CT molecular complexity index is 322. The van der Waals surface area contributed by atoms with Gasteiger partial charge in [-0.1, -0.05) is 0 Å². The number of amides is 1. The van der Waals surface area contributed by atoms with E-state index in [-0.39, 0.29) is 13.0 Å². The molecule has 3 N–H and O–H groups in total. The summed E-state index contributed by atoms with van der Waals surface area (Å²) in [6.45, 7) is 4.84. The minimum atomic E-state index is -1.08. The molecule has 0 aliphatic carbocycles. The SMILES string of the molecule is COC(=O)C(CC(=O)OC(C)(C)C)NC(=O)CN. The average Bonchev–Trinajstić information content (AvgIpc) is 2.24. The summed E-state index contributed by atoms with van der Waals surface area (Å²) >= 11 is 0. The van der Waals surface area contributed by atoms with Gasteiger partial charge in [0.25, 0.3) is 0 Å². The summed E-state index contributed by atoms with van der Waals surface area (Å²) in [7, 11) is 1.17. The lowest BCUT2D eigenvalue weighted by molar-refractivity contribution is -0.159. The van der Waals surface area contributed by atoms with E-state index in [9.17, 15) is 14.4 Å². The second kappa shape index (κ2) is 6.95. The van der Waals surface area contributed by atoms with Crippen LogP contribution in [0.25, 0.3) is 0 Å². The van der Waals surface area contributed by atoms with Gasteiger partial charge in [-0.25, -0.2) is 4.79 Å². The fourth-order valence-electron chi connectivity index (χ4n) is 1.14. The minimum absolute atomic E-state index is 0.276. The normalized spacial score (nSPS) is 12.5. The smallest absolute Gasteiger partial charge is 0.328 e. The van der Waals surface area contributed by atoms with Crippen molar-refractivity contribution in [3.05, 3.63) is 0 Å². The zero-order chi connectivity index (χ0) is 14.3. The molecule has 7 nitrogen and oxygen atoms in total. The Morgan fingerprint density at radius 3 is 2.22 bits per heavy atom. The van der Waals surface area contributed by atoms with E-state index in [1.165, 1.54) is 7.11 Å². The summed E-state index contributed by atoms with van der Waals surface area (Å²) in [5.41, 5.74) is 4.46. The van der Waals surface area contributed by atoms with E-state index >= 15 is 0 Å². The fraction of sp³-hybridized carbons (Fsp3) is 0.727. The molecule has 0 aliphatic heterocycles. The largest absolute Gasteiger partial charge is 0.467 e. The molecule has 7 heteroatoms. The standard InChI is InChI=1S/C11H20N2O5/c1-11(2,3)18-9(15)5-7(10(16)17-4)13-8(14)6-12/h7H,5-6,12H2,1-4H3,(H,13,14). The van der Waals surface area contributed by atoms with Crippen LogP contribution in [0, 0.1) is 0 Å². The van der Waals surface area contributed by atoms with Crippen LogP contribution in [0.1, 0.15) is 27.2 Å². The number of esters is 2. The lowest BCUT2D eigenvalue weighted by Crippen LogP contribution is -2.46. The van der Waals surface area contributed by atoms with Gasteiger partial charge in [0.05, 0.1) is 20.1 Å². The van der Waals surface area contributed by atoms with Gasteiger partial charge in [0, 0.05) is 0 Å². The number of nitrogens with two attached hydrogens (primary N) is 1. The minimum Gasteiger partial charge on any atom is -0.467 e. The molecule has 1 atom stereocenters. The predicted octanol–water partition coefficient (Wildman–Crippen LogP) is -0.665. The highest BCUT2D eigenvalue weighted by molar-refractivity contribution is 5.88. The van der Waals surface area contributed by atoms with Crippen molar-refractivity contribution in [1.82, 2.24) is 5.32 Å². The Morgan fingerprint density at radius 1 is 1.28 bits per heavy atom. The van der Waals surface area contributed by atoms with Gasteiger partial charge in [-0.3, -0.25) is 9.59 Å². The molecule has 0 bridgehead atoms. The van der Waals surface area contributed by atoms with Gasteiger partial charge >= 0.3 is 11.9 Å². The summed E-state index contributed by atoms with van der Waals surface area (Å²) in [4.78, 5) is 34.0. The fourth-order valence-corrected chi connectivity index (χ4v) is 1.14. The third-order valence-corrected chi connectivity index (χ3v) is 1.80. The van der Waals surface area contributed by atoms with Crippen molar-refractivity contribution in [2.75, 3.05) is 13.7 Å². The third-order valence-electron chi connectivity index (χ3n) is 1.80. The molecule has 0 aliphatic rings. The van der Waals surface area contributed by atoms with Gasteiger partial charge in [-0.15, -0.1) is 0 Å². The molecule has 0 fully saturated rings. The van der Waals surface area contributed by atoms with Crippen LogP contribution in [-0.4, -0.2) is 43.1 Å². The van der Waals surface area contributed by atoms with Gasteiger partial charge in [-0.05, 0) is 20.8 Å². The number of methoxy groups -OCH3 is 1. The molecule has 104 valence electrons. The van der Waals surface area contributed by atoms with E-state index in [0.717, 1.165) is 0 Å². The lowest BCUT2D eigenvalue weighted by Gasteiger charge is -2.21. The maximum absolute atomic E-state index is 11.5. The average molecular weight is 260 g/mol. The van der Waals surface area contributed by atoms with Crippen LogP contribution in [0.4, 0.5) is 0 Å². The van der Waals surface area contributed by atoms with Crippen molar-refractivity contribution < 1.29 is 23.9 Å². The highest BCUT2D eigenvalue weighted by atomic mass is 16.6. The first-order chi connectivity index (χ1) is 8.19. The number of carbonyl (C=O) groups is 3. The molecule has 0 saturated heterocycles. The zero-order valence-electron chi connectivity index (χ0n) is 11.1. The molecule has 0 saturated carbocycles. The third kappa shape index (κ3) is 6.85. The molecule has 0 aromatic rings. The summed E-state index contributed by atoms with van der Waals surface area (Å²) < 4.78 is 9.54. The van der Waals surface area contributed by atoms with Gasteiger partial charge in [0.15, 0.2) is 0 Å². The Kier molecular flexibility index (Phi) is 6.32. The monoisotopic (exact) mass is 260 g/mol. The Labute approximate surface area is 106 Å². The summed E-state index contributed by atoms with van der Waals surface area (Å²) in [5.74, 6) is -1.87. The maximum atomic E-state index is 11.5. The topological polar surface area (TPSA) is 108 Å². The first-order valence-electron chi connectivity index (χ1n) is 5.48. The second-order valence-corrected chi connectivity index (χ2v) is 4.64. The summed E-state index contributed by atoms with van der Waals surface area (Å²) in [6, 6.07) is -1.08. The van der Waals surface area contributed by atoms with E-state index < -0.39 is 29.5 Å². The van der Waals surface area contributed by atoms with Gasteiger partial charge in [0.2, 0.25) is 5.91 Å². The number of nitrogens with one attached hydrogen (secondary N) is 1. The molecule has 18 heavy (non-hydrogen) atoms. The molecular weight excluding hydrogens is 240 g/mol. The van der Waals surface area contributed by atoms with E-state index in [4.69, 9.17) is 10.5 Å². The quantitative estimate of drug-likeness (QED) is 0.635. The van der Waals surface area contributed by atoms with Gasteiger partial charge in [-0.2, -0.15) is 0 Å². The molecule has 0 radical (unpaired) electrons. The molecule has 0 aromatic carbocycles. The van der Waals surface area contributed by atoms with Gasteiger partial charge < -0.3 is 20.5 Å². The molecule has 0 rings (SSSR count). The van der Waals surface area contributed by atoms with E-state index in [0.29, 0.717) is 0 Å². The first-order valence-corrected chi connectivity index (χ1v) is 5.48. The van der Waals surface area contributed by atoms with E-state index in [1.54, 1.807) is 20.8 Å². The van der Waals surface area contributed by atoms with Crippen LogP contribution < -0.4 is 11.1 Å². The van der Waals surface area contributed by atoms with Crippen molar-refractivity contribution in [1.29, 1.82) is 0 Å². The molecule has 1 unspecified atom stereocenters. The molecule has 0 aromatic heterocycles. The van der Waals surface area contributed by atoms with Crippen molar-refractivity contribution in [3.63, 3.8) is 0 Å². The van der Waals surface area contributed by atoms with Crippen LogP contribution in [-0.2, 0) is 23.9 Å². The van der Waals surface area contributed by atoms with Crippen molar-refractivity contribution in [2.24, 2.45) is 5.73 Å². The summed E-state index contributed by atoms with van der Waals surface area (Å²) in [5, 5.41) is 2.29. The number of hydrogen-bond acceptors (Lipinski definition) is 6. The Balaban J connectivity index is 4.55. The van der Waals surface area contributed by atoms with Crippen LogP contribution in [0.5, 0.6) is 0 Å². The summed E-state index contributed by atoms with van der Waals surface area (Å²) in [6.07, 6.45) is -0.296. The maximum Gasteiger partial charge on any atom is 0.328 e. The predicted molar refractivity (Wildman–Crippen MR) is 63.5 cm³/mol. The zero-order valence-corrected chi connectivity index (χ0v) is 11.1. The lowest BCUT2D eigenvalue weighted by atomic mass is 10.1. The highest BCUT2D eigenvalue weighted by Gasteiger charge is 2.27. The number of carbonyl (C=O) groups excluding carboxylic acids is 3. The molecule has 0 heterocycles. The van der Waals surface area contributed by atoms with Crippen LogP contribution in [0.15, 0.2) is 0 Å². The van der Waals surface area contributed by atoms with Gasteiger partial charge in [0.1, 0.15) is 11.6 Å². The number of ether oxygens (including phenoxy) is 2. The Hall–Kier alpha value is -1.63. The highest BCUT2D eigenvalue weighted by Crippen LogP contribution is 2.09. The second-order valence-electron chi connectivity index (χ2n) is 4.64. The molecule has 1 amide bonds. The van der Waals surface area contributed by atoms with Crippen molar-refractivity contribution >= 4 is 17.8 Å². The van der Waals surface area contributed by atoms with Crippen molar-refractivity contribution in [3.8, 4) is 0 Å². The van der Waals surface area contributed by atoms with Crippen LogP contribution in [0.2, 0.25) is 0 Å². The van der Waals surface area contributed by atoms with Crippen molar-refractivity contribution in [2.45, 2.75) is 38.8 Å². The van der Waals surface area contributed by atoms with Crippen LogP contribution in [0.3, 0.4) is 0 Å². The molecular formula is C11H20N2O5. The number of hydrogen-bond donors (Lipinski definition) is 2. The molecule has 0 spiro atoms. The Morgan fingerprint density at radius 2 is 1.83 bits per heavy atom. The van der Waals surface area contributed by atoms with Crippen LogP contribution >= 0.6 is 0 Å². The van der Waals surface area contributed by atoms with E-state index in [2.05, 4.69) is 10.1 Å².